The van der Waals surface area contributed by atoms with Crippen molar-refractivity contribution in [3.8, 4) is 11.1 Å². The van der Waals surface area contributed by atoms with E-state index in [4.69, 9.17) is 0 Å². The predicted octanol–water partition coefficient (Wildman–Crippen LogP) is 5.91. The summed E-state index contributed by atoms with van der Waals surface area (Å²) in [5.74, 6) is -3.86. The number of hydrogen-bond acceptors (Lipinski definition) is 0. The number of rotatable bonds is 1. The standard InChI is InChI=1S/C21H14F4/c1-11-2-4-14-15(12-3-5-18(22)19(23)8-12)7-13-9-20(24)21(25)10-16(13)17(14)6-11/h2-6,8-10,15H,7H2,1H3. The summed E-state index contributed by atoms with van der Waals surface area (Å²) < 4.78 is 54.5. The maximum Gasteiger partial charge on any atom is 0.159 e. The van der Waals surface area contributed by atoms with Gasteiger partial charge in [0.15, 0.2) is 23.3 Å². The molecule has 0 saturated carbocycles. The Bertz CT molecular complexity index is 991. The molecule has 3 aromatic carbocycles. The average Bonchev–Trinajstić information content (AvgIpc) is 2.58. The molecule has 1 unspecified atom stereocenters. The Hall–Kier alpha value is -2.62. The summed E-state index contributed by atoms with van der Waals surface area (Å²) in [4.78, 5) is 0. The minimum absolute atomic E-state index is 0.247. The second-order valence-corrected chi connectivity index (χ2v) is 6.44. The molecular formula is C21H14F4. The molecule has 0 saturated heterocycles. The molecule has 1 atom stereocenters. The van der Waals surface area contributed by atoms with Gasteiger partial charge < -0.3 is 0 Å². The van der Waals surface area contributed by atoms with Gasteiger partial charge in [0.1, 0.15) is 0 Å². The molecule has 0 aromatic heterocycles. The second kappa shape index (κ2) is 5.73. The van der Waals surface area contributed by atoms with E-state index in [-0.39, 0.29) is 5.92 Å². The van der Waals surface area contributed by atoms with Crippen LogP contribution in [0.4, 0.5) is 17.6 Å². The monoisotopic (exact) mass is 342 g/mol. The van der Waals surface area contributed by atoms with Gasteiger partial charge in [-0.25, -0.2) is 17.6 Å². The van der Waals surface area contributed by atoms with Gasteiger partial charge in [-0.3, -0.25) is 0 Å². The first-order valence-electron chi connectivity index (χ1n) is 7.98. The van der Waals surface area contributed by atoms with Crippen molar-refractivity contribution in [3.63, 3.8) is 0 Å². The van der Waals surface area contributed by atoms with E-state index < -0.39 is 23.3 Å². The first-order valence-corrected chi connectivity index (χ1v) is 7.98. The molecule has 0 nitrogen and oxygen atoms in total. The van der Waals surface area contributed by atoms with Crippen LogP contribution in [0.1, 0.15) is 28.2 Å². The van der Waals surface area contributed by atoms with E-state index >= 15 is 0 Å². The molecule has 3 aromatic rings. The second-order valence-electron chi connectivity index (χ2n) is 6.44. The van der Waals surface area contributed by atoms with Crippen molar-refractivity contribution in [3.05, 3.63) is 94.1 Å². The van der Waals surface area contributed by atoms with Gasteiger partial charge in [0.25, 0.3) is 0 Å². The van der Waals surface area contributed by atoms with Crippen LogP contribution in [-0.4, -0.2) is 0 Å². The number of fused-ring (bicyclic) bond motifs is 3. The summed E-state index contributed by atoms with van der Waals surface area (Å²) >= 11 is 0. The molecule has 0 heterocycles. The first-order chi connectivity index (χ1) is 11.9. The van der Waals surface area contributed by atoms with Crippen molar-refractivity contribution in [1.29, 1.82) is 0 Å². The van der Waals surface area contributed by atoms with Gasteiger partial charge in [-0.2, -0.15) is 0 Å². The highest BCUT2D eigenvalue weighted by molar-refractivity contribution is 5.75. The van der Waals surface area contributed by atoms with Gasteiger partial charge in [-0.15, -0.1) is 0 Å². The highest BCUT2D eigenvalue weighted by Crippen LogP contribution is 2.43. The minimum atomic E-state index is -0.915. The molecule has 4 heteroatoms. The fraction of sp³-hybridized carbons (Fsp3) is 0.143. The quantitative estimate of drug-likeness (QED) is 0.483. The molecule has 0 amide bonds. The summed E-state index contributed by atoms with van der Waals surface area (Å²) in [5, 5.41) is 0. The molecule has 0 bridgehead atoms. The van der Waals surface area contributed by atoms with E-state index in [9.17, 15) is 17.6 Å². The van der Waals surface area contributed by atoms with Crippen LogP contribution in [0.25, 0.3) is 11.1 Å². The first kappa shape index (κ1) is 15.9. The molecule has 1 aliphatic carbocycles. The third kappa shape index (κ3) is 2.62. The summed E-state index contributed by atoms with van der Waals surface area (Å²) in [6.45, 7) is 1.92. The number of aryl methyl sites for hydroxylation is 1. The maximum atomic E-state index is 13.8. The predicted molar refractivity (Wildman–Crippen MR) is 88.4 cm³/mol. The van der Waals surface area contributed by atoms with Crippen LogP contribution in [0, 0.1) is 30.2 Å². The zero-order valence-corrected chi connectivity index (χ0v) is 13.4. The van der Waals surface area contributed by atoms with Crippen LogP contribution in [0.15, 0.2) is 48.5 Å². The van der Waals surface area contributed by atoms with Crippen LogP contribution in [-0.2, 0) is 6.42 Å². The van der Waals surface area contributed by atoms with Crippen LogP contribution >= 0.6 is 0 Å². The fourth-order valence-electron chi connectivity index (χ4n) is 3.57. The van der Waals surface area contributed by atoms with Crippen LogP contribution in [0.5, 0.6) is 0 Å². The van der Waals surface area contributed by atoms with E-state index in [0.29, 0.717) is 23.1 Å². The van der Waals surface area contributed by atoms with Gasteiger partial charge in [0, 0.05) is 5.92 Å². The van der Waals surface area contributed by atoms with Crippen molar-refractivity contribution in [2.75, 3.05) is 0 Å². The molecule has 0 fully saturated rings. The molecular weight excluding hydrogens is 328 g/mol. The molecule has 1 aliphatic rings. The lowest BCUT2D eigenvalue weighted by Gasteiger charge is -2.29. The van der Waals surface area contributed by atoms with Crippen molar-refractivity contribution in [2.24, 2.45) is 0 Å². The Morgan fingerprint density at radius 2 is 1.44 bits per heavy atom. The lowest BCUT2D eigenvalue weighted by molar-refractivity contribution is 0.504. The Morgan fingerprint density at radius 1 is 0.720 bits per heavy atom. The molecule has 25 heavy (non-hydrogen) atoms. The van der Waals surface area contributed by atoms with Crippen molar-refractivity contribution >= 4 is 0 Å². The summed E-state index contributed by atoms with van der Waals surface area (Å²) in [6.07, 6.45) is 0.396. The van der Waals surface area contributed by atoms with Crippen molar-refractivity contribution < 1.29 is 17.6 Å². The average molecular weight is 342 g/mol. The fourth-order valence-corrected chi connectivity index (χ4v) is 3.57. The Balaban J connectivity index is 1.94. The van der Waals surface area contributed by atoms with Gasteiger partial charge in [0.05, 0.1) is 0 Å². The Labute approximate surface area is 142 Å². The number of hydrogen-bond donors (Lipinski definition) is 0. The molecule has 0 spiro atoms. The van der Waals surface area contributed by atoms with Crippen LogP contribution in [0.3, 0.4) is 0 Å². The molecule has 0 radical (unpaired) electrons. The molecule has 4 rings (SSSR count). The normalized spacial score (nSPS) is 15.6. The summed E-state index contributed by atoms with van der Waals surface area (Å²) in [7, 11) is 0. The van der Waals surface area contributed by atoms with E-state index in [2.05, 4.69) is 0 Å². The third-order valence-corrected chi connectivity index (χ3v) is 4.79. The van der Waals surface area contributed by atoms with E-state index in [0.717, 1.165) is 22.8 Å². The summed E-state index contributed by atoms with van der Waals surface area (Å²) in [5.41, 5.74) is 4.60. The Morgan fingerprint density at radius 3 is 2.20 bits per heavy atom. The number of halogens is 4. The van der Waals surface area contributed by atoms with Gasteiger partial charge in [-0.1, -0.05) is 29.8 Å². The van der Waals surface area contributed by atoms with E-state index in [1.165, 1.54) is 24.3 Å². The highest BCUT2D eigenvalue weighted by Gasteiger charge is 2.28. The van der Waals surface area contributed by atoms with Gasteiger partial charge in [-0.05, 0) is 65.4 Å². The van der Waals surface area contributed by atoms with Crippen LogP contribution in [0.2, 0.25) is 0 Å². The smallest absolute Gasteiger partial charge is 0.159 e. The van der Waals surface area contributed by atoms with Gasteiger partial charge >= 0.3 is 0 Å². The van der Waals surface area contributed by atoms with E-state index in [1.54, 1.807) is 0 Å². The Kier molecular flexibility index (Phi) is 3.64. The number of benzene rings is 3. The molecule has 0 aliphatic heterocycles. The van der Waals surface area contributed by atoms with Crippen LogP contribution < -0.4 is 0 Å². The van der Waals surface area contributed by atoms with Crippen molar-refractivity contribution in [1.82, 2.24) is 0 Å². The lowest BCUT2D eigenvalue weighted by atomic mass is 9.75. The minimum Gasteiger partial charge on any atom is -0.204 e. The lowest BCUT2D eigenvalue weighted by Crippen LogP contribution is -2.14. The third-order valence-electron chi connectivity index (χ3n) is 4.79. The van der Waals surface area contributed by atoms with Crippen molar-refractivity contribution in [2.45, 2.75) is 19.3 Å². The maximum absolute atomic E-state index is 13.8. The highest BCUT2D eigenvalue weighted by atomic mass is 19.2. The molecule has 0 N–H and O–H groups in total. The van der Waals surface area contributed by atoms with E-state index in [1.807, 2.05) is 25.1 Å². The summed E-state index contributed by atoms with van der Waals surface area (Å²) in [6, 6.07) is 12.0. The molecule has 126 valence electrons. The zero-order chi connectivity index (χ0) is 17.7. The SMILES string of the molecule is Cc1ccc2c(c1)-c1cc(F)c(F)cc1CC2c1ccc(F)c(F)c1. The largest absolute Gasteiger partial charge is 0.204 e. The topological polar surface area (TPSA) is 0 Å². The zero-order valence-electron chi connectivity index (χ0n) is 13.4. The van der Waals surface area contributed by atoms with Gasteiger partial charge in [0.2, 0.25) is 0 Å².